The van der Waals surface area contributed by atoms with Gasteiger partial charge in [-0.2, -0.15) is 0 Å². The minimum absolute atomic E-state index is 0.404. The second-order valence-corrected chi connectivity index (χ2v) is 5.24. The van der Waals surface area contributed by atoms with Crippen LogP contribution in [0.1, 0.15) is 38.1 Å². The third-order valence-corrected chi connectivity index (χ3v) is 3.36. The van der Waals surface area contributed by atoms with Gasteiger partial charge in [0.05, 0.1) is 0 Å². The van der Waals surface area contributed by atoms with E-state index in [-0.39, 0.29) is 0 Å². The Labute approximate surface area is 125 Å². The first-order chi connectivity index (χ1) is 10.1. The van der Waals surface area contributed by atoms with E-state index in [0.29, 0.717) is 18.4 Å². The summed E-state index contributed by atoms with van der Waals surface area (Å²) >= 11 is 0. The summed E-state index contributed by atoms with van der Waals surface area (Å²) in [6.07, 6.45) is 3.73. The summed E-state index contributed by atoms with van der Waals surface area (Å²) < 4.78 is 2.05. The quantitative estimate of drug-likeness (QED) is 0.655. The SMILES string of the molecule is CCn1ccnc1CN=C(N)Nc1cccc(C(C)C)c1. The second kappa shape index (κ2) is 6.92. The predicted octanol–water partition coefficient (Wildman–Crippen LogP) is 2.95. The molecule has 0 aliphatic heterocycles. The number of anilines is 1. The summed E-state index contributed by atoms with van der Waals surface area (Å²) in [5, 5.41) is 3.13. The lowest BCUT2D eigenvalue weighted by Crippen LogP contribution is -2.23. The molecule has 0 saturated heterocycles. The van der Waals surface area contributed by atoms with Crippen LogP contribution < -0.4 is 11.1 Å². The van der Waals surface area contributed by atoms with Crippen LogP contribution >= 0.6 is 0 Å². The molecule has 1 aromatic heterocycles. The third kappa shape index (κ3) is 4.08. The van der Waals surface area contributed by atoms with Crippen molar-refractivity contribution in [3.05, 3.63) is 48.0 Å². The predicted molar refractivity (Wildman–Crippen MR) is 87.4 cm³/mol. The van der Waals surface area contributed by atoms with E-state index in [1.165, 1.54) is 5.56 Å². The number of nitrogens with one attached hydrogen (secondary N) is 1. The highest BCUT2D eigenvalue weighted by Crippen LogP contribution is 2.18. The van der Waals surface area contributed by atoms with Gasteiger partial charge in [-0.3, -0.25) is 0 Å². The Morgan fingerprint density at radius 3 is 2.95 bits per heavy atom. The topological polar surface area (TPSA) is 68.2 Å². The lowest BCUT2D eigenvalue weighted by Gasteiger charge is -2.10. The average molecular weight is 285 g/mol. The Bertz CT molecular complexity index is 613. The van der Waals surface area contributed by atoms with Gasteiger partial charge in [0.25, 0.3) is 0 Å². The van der Waals surface area contributed by atoms with Crippen molar-refractivity contribution in [1.29, 1.82) is 0 Å². The maximum atomic E-state index is 5.94. The number of aliphatic imine (C=N–C) groups is 1. The largest absolute Gasteiger partial charge is 0.370 e. The fourth-order valence-electron chi connectivity index (χ4n) is 2.10. The van der Waals surface area contributed by atoms with E-state index in [1.807, 2.05) is 18.3 Å². The Balaban J connectivity index is 2.02. The first-order valence-corrected chi connectivity index (χ1v) is 7.27. The molecular formula is C16H23N5. The van der Waals surface area contributed by atoms with E-state index in [1.54, 1.807) is 6.20 Å². The van der Waals surface area contributed by atoms with Crippen molar-refractivity contribution in [3.63, 3.8) is 0 Å². The number of guanidine groups is 1. The van der Waals surface area contributed by atoms with Crippen LogP contribution in [0.4, 0.5) is 5.69 Å². The minimum atomic E-state index is 0.404. The Morgan fingerprint density at radius 2 is 2.24 bits per heavy atom. The molecule has 21 heavy (non-hydrogen) atoms. The molecule has 0 amide bonds. The van der Waals surface area contributed by atoms with Crippen LogP contribution in [-0.2, 0) is 13.1 Å². The van der Waals surface area contributed by atoms with Gasteiger partial charge in [-0.15, -0.1) is 0 Å². The highest BCUT2D eigenvalue weighted by molar-refractivity contribution is 5.92. The zero-order valence-corrected chi connectivity index (χ0v) is 12.9. The zero-order chi connectivity index (χ0) is 15.2. The zero-order valence-electron chi connectivity index (χ0n) is 12.9. The Kier molecular flexibility index (Phi) is 4.98. The number of hydrogen-bond acceptors (Lipinski definition) is 2. The number of aryl methyl sites for hydroxylation is 1. The molecule has 0 radical (unpaired) electrons. The number of hydrogen-bond donors (Lipinski definition) is 2. The molecule has 0 bridgehead atoms. The fourth-order valence-corrected chi connectivity index (χ4v) is 2.10. The van der Waals surface area contributed by atoms with Gasteiger partial charge in [0.1, 0.15) is 12.4 Å². The van der Waals surface area contributed by atoms with E-state index in [9.17, 15) is 0 Å². The molecule has 112 valence electrons. The normalized spacial score (nSPS) is 11.9. The summed E-state index contributed by atoms with van der Waals surface area (Å²) in [7, 11) is 0. The van der Waals surface area contributed by atoms with Crippen molar-refractivity contribution in [2.75, 3.05) is 5.32 Å². The molecule has 1 aromatic carbocycles. The van der Waals surface area contributed by atoms with E-state index < -0.39 is 0 Å². The van der Waals surface area contributed by atoms with E-state index in [2.05, 4.69) is 52.8 Å². The number of nitrogens with two attached hydrogens (primary N) is 1. The first-order valence-electron chi connectivity index (χ1n) is 7.27. The molecule has 0 spiro atoms. The monoisotopic (exact) mass is 285 g/mol. The van der Waals surface area contributed by atoms with Crippen molar-refractivity contribution < 1.29 is 0 Å². The molecular weight excluding hydrogens is 262 g/mol. The number of benzene rings is 1. The number of aromatic nitrogens is 2. The fraction of sp³-hybridized carbons (Fsp3) is 0.375. The molecule has 0 unspecified atom stereocenters. The molecule has 0 atom stereocenters. The summed E-state index contributed by atoms with van der Waals surface area (Å²) in [6, 6.07) is 8.22. The van der Waals surface area contributed by atoms with E-state index >= 15 is 0 Å². The lowest BCUT2D eigenvalue weighted by atomic mass is 10.0. The van der Waals surface area contributed by atoms with Crippen molar-refractivity contribution >= 4 is 11.6 Å². The molecule has 1 heterocycles. The van der Waals surface area contributed by atoms with Crippen LogP contribution in [-0.4, -0.2) is 15.5 Å². The summed E-state index contributed by atoms with van der Waals surface area (Å²) in [6.45, 7) is 7.77. The first kappa shape index (κ1) is 15.1. The lowest BCUT2D eigenvalue weighted by molar-refractivity contribution is 0.699. The molecule has 3 N–H and O–H groups in total. The smallest absolute Gasteiger partial charge is 0.193 e. The van der Waals surface area contributed by atoms with Gasteiger partial charge in [-0.1, -0.05) is 26.0 Å². The van der Waals surface area contributed by atoms with Crippen LogP contribution in [0.2, 0.25) is 0 Å². The standard InChI is InChI=1S/C16H23N5/c1-4-21-9-8-18-15(21)11-19-16(17)20-14-7-5-6-13(10-14)12(2)3/h5-10,12H,4,11H2,1-3H3,(H3,17,19,20). The summed E-state index contributed by atoms with van der Waals surface area (Å²) in [5.74, 6) is 1.81. The van der Waals surface area contributed by atoms with Crippen LogP contribution in [0.5, 0.6) is 0 Å². The molecule has 2 aromatic rings. The third-order valence-electron chi connectivity index (χ3n) is 3.36. The number of rotatable bonds is 5. The molecule has 0 saturated carbocycles. The van der Waals surface area contributed by atoms with Gasteiger partial charge in [-0.25, -0.2) is 9.98 Å². The van der Waals surface area contributed by atoms with Crippen molar-refractivity contribution in [2.24, 2.45) is 10.7 Å². The van der Waals surface area contributed by atoms with Crippen LogP contribution in [0.25, 0.3) is 0 Å². The van der Waals surface area contributed by atoms with Crippen molar-refractivity contribution in [1.82, 2.24) is 9.55 Å². The van der Waals surface area contributed by atoms with Gasteiger partial charge >= 0.3 is 0 Å². The van der Waals surface area contributed by atoms with Crippen molar-refractivity contribution in [3.8, 4) is 0 Å². The van der Waals surface area contributed by atoms with Gasteiger partial charge in [-0.05, 0) is 30.5 Å². The Morgan fingerprint density at radius 1 is 1.43 bits per heavy atom. The average Bonchev–Trinajstić information content (AvgIpc) is 2.93. The summed E-state index contributed by atoms with van der Waals surface area (Å²) in [5.41, 5.74) is 8.17. The van der Waals surface area contributed by atoms with E-state index in [4.69, 9.17) is 5.73 Å². The molecule has 0 aliphatic rings. The molecule has 5 heteroatoms. The molecule has 2 rings (SSSR count). The van der Waals surface area contributed by atoms with Gasteiger partial charge in [0, 0.05) is 24.6 Å². The van der Waals surface area contributed by atoms with Crippen LogP contribution in [0, 0.1) is 0 Å². The highest BCUT2D eigenvalue weighted by Gasteiger charge is 2.02. The Hall–Kier alpha value is -2.30. The summed E-state index contributed by atoms with van der Waals surface area (Å²) in [4.78, 5) is 8.62. The number of imidazole rings is 1. The minimum Gasteiger partial charge on any atom is -0.370 e. The molecule has 0 fully saturated rings. The molecule has 5 nitrogen and oxygen atoms in total. The van der Waals surface area contributed by atoms with Gasteiger partial charge < -0.3 is 15.6 Å². The molecule has 0 aliphatic carbocycles. The van der Waals surface area contributed by atoms with Crippen LogP contribution in [0.3, 0.4) is 0 Å². The second-order valence-electron chi connectivity index (χ2n) is 5.24. The van der Waals surface area contributed by atoms with Gasteiger partial charge in [0.2, 0.25) is 0 Å². The maximum absolute atomic E-state index is 5.94. The van der Waals surface area contributed by atoms with Gasteiger partial charge in [0.15, 0.2) is 5.96 Å². The number of nitrogens with zero attached hydrogens (tertiary/aromatic N) is 3. The van der Waals surface area contributed by atoms with E-state index in [0.717, 1.165) is 18.1 Å². The van der Waals surface area contributed by atoms with Crippen molar-refractivity contribution in [2.45, 2.75) is 39.8 Å². The highest BCUT2D eigenvalue weighted by atomic mass is 15.1. The van der Waals surface area contributed by atoms with Crippen LogP contribution in [0.15, 0.2) is 41.7 Å². The maximum Gasteiger partial charge on any atom is 0.193 e.